The maximum Gasteiger partial charge on any atom is 0.232 e. The van der Waals surface area contributed by atoms with Gasteiger partial charge >= 0.3 is 0 Å². The molecule has 6 nitrogen and oxygen atoms in total. The lowest BCUT2D eigenvalue weighted by Gasteiger charge is -2.22. The van der Waals surface area contributed by atoms with Gasteiger partial charge in [-0.1, -0.05) is 25.5 Å². The quantitative estimate of drug-likeness (QED) is 0.666. The maximum absolute atomic E-state index is 12.2. The molecule has 0 amide bonds. The summed E-state index contributed by atoms with van der Waals surface area (Å²) in [5, 5.41) is 4.60. The second-order valence-electron chi connectivity index (χ2n) is 6.89. The molecule has 1 aliphatic rings. The Balaban J connectivity index is 1.70. The summed E-state index contributed by atoms with van der Waals surface area (Å²) in [6.07, 6.45) is 7.72. The third-order valence-electron chi connectivity index (χ3n) is 5.05. The van der Waals surface area contributed by atoms with E-state index in [0.29, 0.717) is 16.4 Å². The number of hydrogen-bond acceptors (Lipinski definition) is 5. The monoisotopic (exact) mass is 385 g/mol. The van der Waals surface area contributed by atoms with Crippen LogP contribution in [0.3, 0.4) is 0 Å². The number of benzene rings is 1. The molecule has 0 saturated heterocycles. The molecule has 0 radical (unpaired) electrons. The zero-order valence-electron chi connectivity index (χ0n) is 15.3. The molecule has 1 aliphatic carbocycles. The summed E-state index contributed by atoms with van der Waals surface area (Å²) in [5.41, 5.74) is 2.20. The van der Waals surface area contributed by atoms with Gasteiger partial charge in [0.2, 0.25) is 5.88 Å². The van der Waals surface area contributed by atoms with Gasteiger partial charge in [0.25, 0.3) is 0 Å². The van der Waals surface area contributed by atoms with Crippen LogP contribution >= 0.6 is 0 Å². The van der Waals surface area contributed by atoms with Crippen molar-refractivity contribution >= 4 is 15.5 Å². The van der Waals surface area contributed by atoms with Crippen LogP contribution in [0.5, 0.6) is 5.88 Å². The predicted octanol–water partition coefficient (Wildman–Crippen LogP) is 3.90. The number of nitrogens with zero attached hydrogens (tertiary/aromatic N) is 3. The van der Waals surface area contributed by atoms with Crippen LogP contribution in [-0.4, -0.2) is 34.9 Å². The fourth-order valence-electron chi connectivity index (χ4n) is 3.49. The fraction of sp³-hybridized carbons (Fsp3) is 0.400. The normalized spacial score (nSPS) is 15.9. The van der Waals surface area contributed by atoms with Gasteiger partial charge in [0.15, 0.2) is 15.5 Å². The van der Waals surface area contributed by atoms with E-state index in [1.165, 1.54) is 19.3 Å². The minimum Gasteiger partial charge on any atom is -0.473 e. The highest BCUT2D eigenvalue weighted by molar-refractivity contribution is 7.91. The van der Waals surface area contributed by atoms with E-state index < -0.39 is 9.84 Å². The van der Waals surface area contributed by atoms with Crippen molar-refractivity contribution in [3.63, 3.8) is 0 Å². The zero-order valence-corrected chi connectivity index (χ0v) is 16.2. The molecule has 2 heterocycles. The third kappa shape index (κ3) is 3.69. The summed E-state index contributed by atoms with van der Waals surface area (Å²) >= 11 is 0. The standard InChI is InChI=1S/C20H23N3O3S/c1-2-27(24,25)17-10-6-7-15(13-17)18-14-21-19-11-12-20(22-23(18)19)26-16-8-4-3-5-9-16/h6-7,10-14,16H,2-5,8-9H2,1H3. The highest BCUT2D eigenvalue weighted by Crippen LogP contribution is 2.26. The van der Waals surface area contributed by atoms with Gasteiger partial charge in [-0.2, -0.15) is 0 Å². The largest absolute Gasteiger partial charge is 0.473 e. The van der Waals surface area contributed by atoms with Crippen molar-refractivity contribution in [3.05, 3.63) is 42.6 Å². The van der Waals surface area contributed by atoms with E-state index in [4.69, 9.17) is 4.74 Å². The van der Waals surface area contributed by atoms with Crippen molar-refractivity contribution in [3.8, 4) is 17.1 Å². The molecule has 27 heavy (non-hydrogen) atoms. The molecule has 0 unspecified atom stereocenters. The van der Waals surface area contributed by atoms with E-state index >= 15 is 0 Å². The van der Waals surface area contributed by atoms with Gasteiger partial charge in [0.05, 0.1) is 22.5 Å². The summed E-state index contributed by atoms with van der Waals surface area (Å²) in [4.78, 5) is 4.70. The minimum atomic E-state index is -3.27. The third-order valence-corrected chi connectivity index (χ3v) is 6.78. The Morgan fingerprint density at radius 1 is 1.15 bits per heavy atom. The van der Waals surface area contributed by atoms with Crippen molar-refractivity contribution < 1.29 is 13.2 Å². The molecule has 2 aromatic heterocycles. The molecule has 0 atom stereocenters. The average molecular weight is 385 g/mol. The van der Waals surface area contributed by atoms with Gasteiger partial charge in [0.1, 0.15) is 6.10 Å². The number of aromatic nitrogens is 3. The van der Waals surface area contributed by atoms with Crippen LogP contribution in [0.4, 0.5) is 0 Å². The van der Waals surface area contributed by atoms with Gasteiger partial charge in [-0.05, 0) is 43.9 Å². The smallest absolute Gasteiger partial charge is 0.232 e. The summed E-state index contributed by atoms with van der Waals surface area (Å²) < 4.78 is 32.2. The fourth-order valence-corrected chi connectivity index (χ4v) is 4.41. The molecular formula is C20H23N3O3S. The Hall–Kier alpha value is -2.41. The van der Waals surface area contributed by atoms with E-state index in [2.05, 4.69) is 10.1 Å². The molecular weight excluding hydrogens is 362 g/mol. The minimum absolute atomic E-state index is 0.0707. The number of fused-ring (bicyclic) bond motifs is 1. The van der Waals surface area contributed by atoms with Crippen molar-refractivity contribution in [2.24, 2.45) is 0 Å². The van der Waals surface area contributed by atoms with E-state index in [1.54, 1.807) is 35.8 Å². The zero-order chi connectivity index (χ0) is 18.9. The molecule has 0 bridgehead atoms. The average Bonchev–Trinajstić information content (AvgIpc) is 3.12. The van der Waals surface area contributed by atoms with Crippen LogP contribution in [0.25, 0.3) is 16.9 Å². The first-order valence-electron chi connectivity index (χ1n) is 9.41. The van der Waals surface area contributed by atoms with Crippen LogP contribution in [0.2, 0.25) is 0 Å². The second kappa shape index (κ2) is 7.31. The number of rotatable bonds is 5. The summed E-state index contributed by atoms with van der Waals surface area (Å²) in [6.45, 7) is 1.65. The Morgan fingerprint density at radius 3 is 2.74 bits per heavy atom. The Kier molecular flexibility index (Phi) is 4.86. The van der Waals surface area contributed by atoms with Crippen LogP contribution < -0.4 is 4.74 Å². The Morgan fingerprint density at radius 2 is 1.96 bits per heavy atom. The highest BCUT2D eigenvalue weighted by atomic mass is 32.2. The molecule has 7 heteroatoms. The van der Waals surface area contributed by atoms with Crippen molar-refractivity contribution in [2.45, 2.75) is 50.0 Å². The van der Waals surface area contributed by atoms with Gasteiger partial charge < -0.3 is 4.74 Å². The summed E-state index contributed by atoms with van der Waals surface area (Å²) in [7, 11) is -3.27. The first-order chi connectivity index (χ1) is 13.1. The van der Waals surface area contributed by atoms with E-state index in [0.717, 1.165) is 24.1 Å². The van der Waals surface area contributed by atoms with E-state index in [1.807, 2.05) is 18.2 Å². The van der Waals surface area contributed by atoms with Crippen molar-refractivity contribution in [2.75, 3.05) is 5.75 Å². The maximum atomic E-state index is 12.2. The van der Waals surface area contributed by atoms with Crippen LogP contribution in [0.15, 0.2) is 47.5 Å². The lowest BCUT2D eigenvalue weighted by molar-refractivity contribution is 0.147. The summed E-state index contributed by atoms with van der Waals surface area (Å²) in [6, 6.07) is 10.6. The lowest BCUT2D eigenvalue weighted by atomic mass is 9.98. The molecule has 1 fully saturated rings. The molecule has 0 N–H and O–H groups in total. The SMILES string of the molecule is CCS(=O)(=O)c1cccc(-c2cnc3ccc(OC4CCCCC4)nn23)c1. The molecule has 0 aliphatic heterocycles. The number of sulfone groups is 1. The first-order valence-corrected chi connectivity index (χ1v) is 11.1. The number of hydrogen-bond donors (Lipinski definition) is 0. The molecule has 3 aromatic rings. The number of imidazole rings is 1. The lowest BCUT2D eigenvalue weighted by Crippen LogP contribution is -2.20. The second-order valence-corrected chi connectivity index (χ2v) is 9.17. The van der Waals surface area contributed by atoms with E-state index in [9.17, 15) is 8.42 Å². The van der Waals surface area contributed by atoms with Gasteiger partial charge in [0, 0.05) is 11.6 Å². The molecule has 4 rings (SSSR count). The van der Waals surface area contributed by atoms with Gasteiger partial charge in [-0.15, -0.1) is 5.10 Å². The molecule has 1 aromatic carbocycles. The van der Waals surface area contributed by atoms with Crippen molar-refractivity contribution in [1.29, 1.82) is 0 Å². The van der Waals surface area contributed by atoms with Crippen molar-refractivity contribution in [1.82, 2.24) is 14.6 Å². The van der Waals surface area contributed by atoms with Crippen LogP contribution in [-0.2, 0) is 9.84 Å². The molecule has 0 spiro atoms. The van der Waals surface area contributed by atoms with Crippen LogP contribution in [0.1, 0.15) is 39.0 Å². The molecule has 142 valence electrons. The number of ether oxygens (including phenoxy) is 1. The Bertz CT molecular complexity index is 1050. The van der Waals surface area contributed by atoms with Crippen LogP contribution in [0, 0.1) is 0 Å². The van der Waals surface area contributed by atoms with Gasteiger partial charge in [-0.25, -0.2) is 17.9 Å². The predicted molar refractivity (Wildman–Crippen MR) is 104 cm³/mol. The first kappa shape index (κ1) is 18.0. The highest BCUT2D eigenvalue weighted by Gasteiger charge is 2.17. The topological polar surface area (TPSA) is 73.6 Å². The van der Waals surface area contributed by atoms with Gasteiger partial charge in [-0.3, -0.25) is 0 Å². The van der Waals surface area contributed by atoms with E-state index in [-0.39, 0.29) is 11.9 Å². The molecule has 1 saturated carbocycles. The Labute approximate surface area is 159 Å². The summed E-state index contributed by atoms with van der Waals surface area (Å²) in [5.74, 6) is 0.646.